The van der Waals surface area contributed by atoms with Crippen molar-refractivity contribution in [2.75, 3.05) is 11.5 Å². The van der Waals surface area contributed by atoms with Gasteiger partial charge in [-0.2, -0.15) is 16.8 Å². The van der Waals surface area contributed by atoms with Crippen molar-refractivity contribution in [3.63, 3.8) is 0 Å². The molecule has 0 aliphatic rings. The maximum absolute atomic E-state index is 11.0. The molecule has 0 aromatic heterocycles. The van der Waals surface area contributed by atoms with Crippen molar-refractivity contribution < 1.29 is 25.9 Å². The molecule has 0 aromatic rings. The summed E-state index contributed by atoms with van der Waals surface area (Å²) in [7, 11) is -4.66. The molecule has 10 heteroatoms. The van der Waals surface area contributed by atoms with E-state index in [1.807, 2.05) is 0 Å². The standard InChI is InChI=1S/C12H26O6S4/c1-3-11(21(13,14)15)7-5-9-19-20-10-6-8-12(4-2)22(16,17)18/h11-12H,3-10H2,1-2H3,(H,13,14,15)(H,16,17,18). The average Bonchev–Trinajstić information content (AvgIpc) is 2.38. The highest BCUT2D eigenvalue weighted by atomic mass is 33.1. The second-order valence-corrected chi connectivity index (χ2v) is 11.1. The fourth-order valence-electron chi connectivity index (χ4n) is 1.99. The Labute approximate surface area is 142 Å². The molecule has 0 heterocycles. The van der Waals surface area contributed by atoms with E-state index in [-0.39, 0.29) is 0 Å². The lowest BCUT2D eigenvalue weighted by molar-refractivity contribution is 0.456. The second kappa shape index (κ2) is 11.1. The Balaban J connectivity index is 3.71. The van der Waals surface area contributed by atoms with E-state index in [1.165, 1.54) is 0 Å². The summed E-state index contributed by atoms with van der Waals surface area (Å²) in [5.41, 5.74) is 0. The third-order valence-corrected chi connectivity index (χ3v) is 8.74. The Morgan fingerprint density at radius 1 is 0.773 bits per heavy atom. The third-order valence-electron chi connectivity index (χ3n) is 3.34. The molecule has 0 aliphatic heterocycles. The van der Waals surface area contributed by atoms with Crippen LogP contribution in [-0.2, 0) is 20.2 Å². The predicted molar refractivity (Wildman–Crippen MR) is 94.6 cm³/mol. The van der Waals surface area contributed by atoms with E-state index in [0.29, 0.717) is 38.5 Å². The van der Waals surface area contributed by atoms with Crippen molar-refractivity contribution in [1.29, 1.82) is 0 Å². The Kier molecular flexibility index (Phi) is 11.4. The molecule has 0 saturated carbocycles. The smallest absolute Gasteiger partial charge is 0.267 e. The lowest BCUT2D eigenvalue weighted by Gasteiger charge is -2.11. The predicted octanol–water partition coefficient (Wildman–Crippen LogP) is 3.26. The Morgan fingerprint density at radius 2 is 1.09 bits per heavy atom. The molecule has 0 fully saturated rings. The molecule has 0 bridgehead atoms. The number of rotatable bonds is 13. The van der Waals surface area contributed by atoms with Crippen LogP contribution in [0.5, 0.6) is 0 Å². The molecule has 0 amide bonds. The van der Waals surface area contributed by atoms with Gasteiger partial charge in [0.25, 0.3) is 20.2 Å². The molecular formula is C12H26O6S4. The van der Waals surface area contributed by atoms with Crippen LogP contribution < -0.4 is 0 Å². The summed E-state index contributed by atoms with van der Waals surface area (Å²) >= 11 is 0. The van der Waals surface area contributed by atoms with E-state index < -0.39 is 30.7 Å². The van der Waals surface area contributed by atoms with Gasteiger partial charge in [0.15, 0.2) is 0 Å². The highest BCUT2D eigenvalue weighted by Crippen LogP contribution is 2.26. The first-order valence-electron chi connectivity index (χ1n) is 7.29. The van der Waals surface area contributed by atoms with Gasteiger partial charge in [0.2, 0.25) is 0 Å². The summed E-state index contributed by atoms with van der Waals surface area (Å²) in [6.45, 7) is 3.47. The minimum atomic E-state index is -3.94. The van der Waals surface area contributed by atoms with Gasteiger partial charge >= 0.3 is 0 Å². The summed E-state index contributed by atoms with van der Waals surface area (Å²) < 4.78 is 62.0. The molecule has 2 N–H and O–H groups in total. The first-order valence-corrected chi connectivity index (χ1v) is 12.8. The highest BCUT2D eigenvalue weighted by Gasteiger charge is 2.21. The zero-order valence-corrected chi connectivity index (χ0v) is 16.2. The van der Waals surface area contributed by atoms with Gasteiger partial charge in [0.05, 0.1) is 10.5 Å². The molecular weight excluding hydrogens is 368 g/mol. The van der Waals surface area contributed by atoms with Gasteiger partial charge in [0, 0.05) is 11.5 Å². The largest absolute Gasteiger partial charge is 0.285 e. The van der Waals surface area contributed by atoms with Crippen LogP contribution in [0.15, 0.2) is 0 Å². The zero-order valence-electron chi connectivity index (χ0n) is 13.0. The maximum Gasteiger partial charge on any atom is 0.267 e. The third kappa shape index (κ3) is 10.3. The van der Waals surface area contributed by atoms with Gasteiger partial charge in [-0.05, 0) is 38.5 Å². The molecule has 2 atom stereocenters. The van der Waals surface area contributed by atoms with Gasteiger partial charge in [-0.1, -0.05) is 35.4 Å². The van der Waals surface area contributed by atoms with Crippen molar-refractivity contribution in [3.8, 4) is 0 Å². The second-order valence-electron chi connectivity index (χ2n) is 5.02. The normalized spacial score (nSPS) is 15.6. The maximum atomic E-state index is 11.0. The molecule has 0 aliphatic carbocycles. The molecule has 6 nitrogen and oxygen atoms in total. The first kappa shape index (κ1) is 22.5. The van der Waals surface area contributed by atoms with E-state index in [0.717, 1.165) is 11.5 Å². The van der Waals surface area contributed by atoms with Crippen LogP contribution in [-0.4, -0.2) is 47.9 Å². The highest BCUT2D eigenvalue weighted by molar-refractivity contribution is 8.76. The summed E-state index contributed by atoms with van der Waals surface area (Å²) in [4.78, 5) is 0. The molecule has 0 aromatic carbocycles. The molecule has 0 spiro atoms. The molecule has 134 valence electrons. The molecule has 2 unspecified atom stereocenters. The Hall–Kier alpha value is 0.520. The monoisotopic (exact) mass is 394 g/mol. The van der Waals surface area contributed by atoms with Crippen LogP contribution in [0.2, 0.25) is 0 Å². The summed E-state index contributed by atoms with van der Waals surface area (Å²) in [6, 6.07) is 0. The van der Waals surface area contributed by atoms with Crippen molar-refractivity contribution in [3.05, 3.63) is 0 Å². The van der Waals surface area contributed by atoms with Gasteiger partial charge < -0.3 is 0 Å². The van der Waals surface area contributed by atoms with Crippen molar-refractivity contribution in [2.45, 2.75) is 62.9 Å². The summed E-state index contributed by atoms with van der Waals surface area (Å²) in [5.74, 6) is 1.57. The van der Waals surface area contributed by atoms with Gasteiger partial charge in [-0.25, -0.2) is 0 Å². The molecule has 0 saturated heterocycles. The minimum Gasteiger partial charge on any atom is -0.285 e. The van der Waals surface area contributed by atoms with Gasteiger partial charge in [-0.15, -0.1) is 0 Å². The van der Waals surface area contributed by atoms with Crippen molar-refractivity contribution >= 4 is 41.8 Å². The van der Waals surface area contributed by atoms with Crippen LogP contribution in [0, 0.1) is 0 Å². The number of hydrogen-bond acceptors (Lipinski definition) is 6. The topological polar surface area (TPSA) is 109 Å². The van der Waals surface area contributed by atoms with Crippen LogP contribution in [0.25, 0.3) is 0 Å². The fourth-order valence-corrected chi connectivity index (χ4v) is 5.98. The van der Waals surface area contributed by atoms with E-state index in [4.69, 9.17) is 9.11 Å². The van der Waals surface area contributed by atoms with Crippen LogP contribution in [0.4, 0.5) is 0 Å². The van der Waals surface area contributed by atoms with E-state index in [2.05, 4.69) is 0 Å². The lowest BCUT2D eigenvalue weighted by Crippen LogP contribution is -2.19. The Bertz CT molecular complexity index is 442. The molecule has 0 rings (SSSR count). The van der Waals surface area contributed by atoms with Gasteiger partial charge in [-0.3, -0.25) is 9.11 Å². The van der Waals surface area contributed by atoms with E-state index in [1.54, 1.807) is 35.4 Å². The fraction of sp³-hybridized carbons (Fsp3) is 1.00. The van der Waals surface area contributed by atoms with Crippen LogP contribution in [0.3, 0.4) is 0 Å². The molecule has 22 heavy (non-hydrogen) atoms. The quantitative estimate of drug-likeness (QED) is 0.278. The van der Waals surface area contributed by atoms with Gasteiger partial charge in [0.1, 0.15) is 0 Å². The van der Waals surface area contributed by atoms with Crippen LogP contribution in [0.1, 0.15) is 52.4 Å². The van der Waals surface area contributed by atoms with Crippen molar-refractivity contribution in [2.24, 2.45) is 0 Å². The lowest BCUT2D eigenvalue weighted by atomic mass is 10.2. The summed E-state index contributed by atoms with van der Waals surface area (Å²) in [5, 5.41) is -1.36. The van der Waals surface area contributed by atoms with Crippen LogP contribution >= 0.6 is 21.6 Å². The first-order chi connectivity index (χ1) is 10.1. The number of hydrogen-bond donors (Lipinski definition) is 2. The average molecular weight is 395 g/mol. The van der Waals surface area contributed by atoms with E-state index >= 15 is 0 Å². The minimum absolute atomic E-state index is 0.407. The SMILES string of the molecule is CCC(CCCSSCCCC(CC)S(=O)(=O)O)S(=O)(=O)O. The molecule has 0 radical (unpaired) electrons. The zero-order chi connectivity index (χ0) is 17.2. The Morgan fingerprint density at radius 3 is 1.32 bits per heavy atom. The van der Waals surface area contributed by atoms with Crippen molar-refractivity contribution in [1.82, 2.24) is 0 Å². The summed E-state index contributed by atoms with van der Waals surface area (Å²) in [6.07, 6.45) is 3.12. The van der Waals surface area contributed by atoms with E-state index in [9.17, 15) is 16.8 Å².